The number of rotatable bonds is 3. The van der Waals surface area contributed by atoms with Crippen LogP contribution in [0.25, 0.3) is 0 Å². The molecule has 0 saturated carbocycles. The van der Waals surface area contributed by atoms with E-state index in [9.17, 15) is 0 Å². The lowest BCUT2D eigenvalue weighted by molar-refractivity contribution is 0.350. The van der Waals surface area contributed by atoms with Gasteiger partial charge in [-0.05, 0) is 17.4 Å². The van der Waals surface area contributed by atoms with E-state index in [1.807, 2.05) is 30.0 Å². The fourth-order valence-electron chi connectivity index (χ4n) is 1.11. The van der Waals surface area contributed by atoms with Crippen LogP contribution in [0.15, 0.2) is 24.3 Å². The molecule has 1 aromatic carbocycles. The summed E-state index contributed by atoms with van der Waals surface area (Å²) in [5, 5.41) is 8.62. The molecule has 0 saturated heterocycles. The molecular formula is C12H14OS. The molecule has 1 N–H and O–H groups in total. The fourth-order valence-corrected chi connectivity index (χ4v) is 1.79. The van der Waals surface area contributed by atoms with Crippen LogP contribution < -0.4 is 0 Å². The molecule has 14 heavy (non-hydrogen) atoms. The topological polar surface area (TPSA) is 20.2 Å². The molecule has 0 aliphatic rings. The molecule has 74 valence electrons. The van der Waals surface area contributed by atoms with Crippen LogP contribution in [0.3, 0.4) is 0 Å². The second-order valence-electron chi connectivity index (χ2n) is 2.75. The van der Waals surface area contributed by atoms with Crippen molar-refractivity contribution >= 4 is 11.8 Å². The van der Waals surface area contributed by atoms with E-state index < -0.39 is 0 Å². The summed E-state index contributed by atoms with van der Waals surface area (Å²) in [4.78, 5) is 0. The van der Waals surface area contributed by atoms with E-state index in [0.717, 1.165) is 17.1 Å². The number of aliphatic hydroxyl groups is 1. The molecule has 0 aliphatic heterocycles. The quantitative estimate of drug-likeness (QED) is 0.766. The summed E-state index contributed by atoms with van der Waals surface area (Å²) >= 11 is 1.88. The summed E-state index contributed by atoms with van der Waals surface area (Å²) in [5.41, 5.74) is 2.28. The monoisotopic (exact) mass is 206 g/mol. The minimum absolute atomic E-state index is 0.0742. The highest BCUT2D eigenvalue weighted by atomic mass is 32.2. The first-order valence-corrected chi connectivity index (χ1v) is 5.79. The molecule has 0 aromatic heterocycles. The van der Waals surface area contributed by atoms with Crippen LogP contribution in [0.4, 0.5) is 0 Å². The number of benzene rings is 1. The van der Waals surface area contributed by atoms with Crippen LogP contribution in [-0.4, -0.2) is 17.5 Å². The van der Waals surface area contributed by atoms with Gasteiger partial charge in [0, 0.05) is 11.3 Å². The Morgan fingerprint density at radius 2 is 2.14 bits per heavy atom. The summed E-state index contributed by atoms with van der Waals surface area (Å²) < 4.78 is 0. The van der Waals surface area contributed by atoms with Crippen molar-refractivity contribution in [3.8, 4) is 11.8 Å². The molecule has 1 rings (SSSR count). The SMILES string of the molecule is CCSCc1ccccc1C#CCO. The van der Waals surface area contributed by atoms with Gasteiger partial charge in [-0.15, -0.1) is 0 Å². The van der Waals surface area contributed by atoms with E-state index in [0.29, 0.717) is 0 Å². The maximum absolute atomic E-state index is 8.62. The lowest BCUT2D eigenvalue weighted by Gasteiger charge is -2.02. The van der Waals surface area contributed by atoms with Crippen molar-refractivity contribution in [3.63, 3.8) is 0 Å². The Hall–Kier alpha value is -0.910. The molecule has 0 heterocycles. The Kier molecular flexibility index (Phi) is 5.21. The van der Waals surface area contributed by atoms with E-state index in [4.69, 9.17) is 5.11 Å². The van der Waals surface area contributed by atoms with Crippen molar-refractivity contribution < 1.29 is 5.11 Å². The van der Waals surface area contributed by atoms with E-state index in [2.05, 4.69) is 24.8 Å². The molecule has 1 nitrogen and oxygen atoms in total. The normalized spacial score (nSPS) is 9.29. The van der Waals surface area contributed by atoms with E-state index in [-0.39, 0.29) is 6.61 Å². The smallest absolute Gasteiger partial charge is 0.104 e. The van der Waals surface area contributed by atoms with E-state index >= 15 is 0 Å². The lowest BCUT2D eigenvalue weighted by atomic mass is 10.1. The van der Waals surface area contributed by atoms with E-state index in [1.165, 1.54) is 5.56 Å². The highest BCUT2D eigenvalue weighted by Crippen LogP contribution is 2.15. The van der Waals surface area contributed by atoms with Gasteiger partial charge in [-0.3, -0.25) is 0 Å². The molecular weight excluding hydrogens is 192 g/mol. The van der Waals surface area contributed by atoms with Gasteiger partial charge in [0.25, 0.3) is 0 Å². The van der Waals surface area contributed by atoms with Crippen LogP contribution in [0.5, 0.6) is 0 Å². The second kappa shape index (κ2) is 6.53. The minimum Gasteiger partial charge on any atom is -0.384 e. The first-order valence-electron chi connectivity index (χ1n) is 4.64. The van der Waals surface area contributed by atoms with Gasteiger partial charge in [0.05, 0.1) is 0 Å². The Bertz CT molecular complexity index is 336. The van der Waals surface area contributed by atoms with Gasteiger partial charge in [-0.2, -0.15) is 11.8 Å². The maximum atomic E-state index is 8.62. The number of hydrogen-bond acceptors (Lipinski definition) is 2. The third kappa shape index (κ3) is 3.45. The second-order valence-corrected chi connectivity index (χ2v) is 4.03. The minimum atomic E-state index is -0.0742. The van der Waals surface area contributed by atoms with Crippen LogP contribution >= 0.6 is 11.8 Å². The van der Waals surface area contributed by atoms with Crippen molar-refractivity contribution in [2.45, 2.75) is 12.7 Å². The predicted octanol–water partition coefficient (Wildman–Crippen LogP) is 2.28. The predicted molar refractivity (Wildman–Crippen MR) is 62.2 cm³/mol. The zero-order valence-electron chi connectivity index (χ0n) is 8.29. The van der Waals surface area contributed by atoms with Crippen LogP contribution in [0.2, 0.25) is 0 Å². The van der Waals surface area contributed by atoms with E-state index in [1.54, 1.807) is 0 Å². The number of aliphatic hydroxyl groups excluding tert-OH is 1. The molecule has 0 spiro atoms. The molecule has 0 fully saturated rings. The number of thioether (sulfide) groups is 1. The Balaban J connectivity index is 2.80. The van der Waals surface area contributed by atoms with Gasteiger partial charge < -0.3 is 5.11 Å². The van der Waals surface area contributed by atoms with Gasteiger partial charge >= 0.3 is 0 Å². The Morgan fingerprint density at radius 3 is 2.86 bits per heavy atom. The molecule has 0 radical (unpaired) electrons. The summed E-state index contributed by atoms with van der Waals surface area (Å²) in [6, 6.07) is 8.08. The Labute approximate surface area is 89.5 Å². The summed E-state index contributed by atoms with van der Waals surface area (Å²) in [6.45, 7) is 2.07. The van der Waals surface area contributed by atoms with Crippen molar-refractivity contribution in [1.29, 1.82) is 0 Å². The lowest BCUT2D eigenvalue weighted by Crippen LogP contribution is -1.87. The van der Waals surface area contributed by atoms with Gasteiger partial charge in [0.1, 0.15) is 6.61 Å². The molecule has 2 heteroatoms. The molecule has 0 amide bonds. The maximum Gasteiger partial charge on any atom is 0.104 e. The largest absolute Gasteiger partial charge is 0.384 e. The highest BCUT2D eigenvalue weighted by molar-refractivity contribution is 7.98. The highest BCUT2D eigenvalue weighted by Gasteiger charge is 1.97. The van der Waals surface area contributed by atoms with Crippen molar-refractivity contribution in [1.82, 2.24) is 0 Å². The standard InChI is InChI=1S/C12H14OS/c1-2-14-10-12-7-4-3-6-11(12)8-5-9-13/h3-4,6-7,13H,2,9-10H2,1H3. The van der Waals surface area contributed by atoms with Gasteiger partial charge in [0.2, 0.25) is 0 Å². The average molecular weight is 206 g/mol. The van der Waals surface area contributed by atoms with Crippen LogP contribution in [0, 0.1) is 11.8 Å². The van der Waals surface area contributed by atoms with Crippen LogP contribution in [0.1, 0.15) is 18.1 Å². The molecule has 0 bridgehead atoms. The Morgan fingerprint density at radius 1 is 1.36 bits per heavy atom. The van der Waals surface area contributed by atoms with Gasteiger partial charge in [0.15, 0.2) is 0 Å². The van der Waals surface area contributed by atoms with Crippen molar-refractivity contribution in [2.75, 3.05) is 12.4 Å². The van der Waals surface area contributed by atoms with Crippen molar-refractivity contribution in [3.05, 3.63) is 35.4 Å². The van der Waals surface area contributed by atoms with Gasteiger partial charge in [-0.25, -0.2) is 0 Å². The summed E-state index contributed by atoms with van der Waals surface area (Å²) in [5.74, 6) is 7.74. The zero-order chi connectivity index (χ0) is 10.2. The third-order valence-electron chi connectivity index (χ3n) is 1.78. The third-order valence-corrected chi connectivity index (χ3v) is 2.70. The molecule has 0 aliphatic carbocycles. The summed E-state index contributed by atoms with van der Waals surface area (Å²) in [6.07, 6.45) is 0. The first-order chi connectivity index (χ1) is 6.88. The first kappa shape index (κ1) is 11.2. The molecule has 0 unspecified atom stereocenters. The summed E-state index contributed by atoms with van der Waals surface area (Å²) in [7, 11) is 0. The number of hydrogen-bond donors (Lipinski definition) is 1. The van der Waals surface area contributed by atoms with Gasteiger partial charge in [-0.1, -0.05) is 37.0 Å². The fraction of sp³-hybridized carbons (Fsp3) is 0.333. The molecule has 0 atom stereocenters. The average Bonchev–Trinajstić information content (AvgIpc) is 2.24. The molecule has 1 aromatic rings. The van der Waals surface area contributed by atoms with Crippen molar-refractivity contribution in [2.24, 2.45) is 0 Å². The zero-order valence-corrected chi connectivity index (χ0v) is 9.10. The van der Waals surface area contributed by atoms with Crippen LogP contribution in [-0.2, 0) is 5.75 Å².